The maximum Gasteiger partial charge on any atom is 0.261 e. The van der Waals surface area contributed by atoms with Crippen LogP contribution < -0.4 is 5.32 Å². The number of ether oxygens (including phenoxy) is 1. The third-order valence-electron chi connectivity index (χ3n) is 2.63. The molecule has 7 heteroatoms. The van der Waals surface area contributed by atoms with E-state index in [0.717, 1.165) is 13.0 Å². The molecule has 0 aromatic carbocycles. The van der Waals surface area contributed by atoms with Gasteiger partial charge >= 0.3 is 0 Å². The van der Waals surface area contributed by atoms with E-state index < -0.39 is 13.0 Å². The number of hydrogen-bond acceptors (Lipinski definition) is 5. The first kappa shape index (κ1) is 16.0. The van der Waals surface area contributed by atoms with Crippen LogP contribution in [0.1, 0.15) is 32.0 Å². The Labute approximate surface area is 111 Å². The Bertz CT molecular complexity index is 347. The number of aromatic nitrogens is 2. The summed E-state index contributed by atoms with van der Waals surface area (Å²) < 4.78 is 33.6. The molecule has 0 radical (unpaired) electrons. The van der Waals surface area contributed by atoms with E-state index in [9.17, 15) is 8.78 Å². The average molecular weight is 277 g/mol. The van der Waals surface area contributed by atoms with E-state index in [2.05, 4.69) is 22.4 Å². The van der Waals surface area contributed by atoms with Crippen molar-refractivity contribution < 1.29 is 18.0 Å². The van der Waals surface area contributed by atoms with E-state index in [1.165, 1.54) is 0 Å². The Morgan fingerprint density at radius 2 is 2.16 bits per heavy atom. The summed E-state index contributed by atoms with van der Waals surface area (Å²) >= 11 is 0. The maximum absolute atomic E-state index is 11.8. The minimum Gasteiger partial charge on any atom is -0.375 e. The van der Waals surface area contributed by atoms with Gasteiger partial charge in [-0.25, -0.2) is 8.78 Å². The molecule has 1 unspecified atom stereocenters. The molecule has 5 nitrogen and oxygen atoms in total. The van der Waals surface area contributed by atoms with Crippen molar-refractivity contribution in [3.8, 4) is 0 Å². The molecule has 1 N–H and O–H groups in total. The van der Waals surface area contributed by atoms with Crippen LogP contribution >= 0.6 is 0 Å². The molecule has 0 bridgehead atoms. The highest BCUT2D eigenvalue weighted by atomic mass is 19.3. The highest BCUT2D eigenvalue weighted by molar-refractivity contribution is 4.89. The van der Waals surface area contributed by atoms with E-state index in [1.807, 2.05) is 6.92 Å². The molecule has 1 heterocycles. The van der Waals surface area contributed by atoms with Crippen LogP contribution in [0.2, 0.25) is 0 Å². The Morgan fingerprint density at radius 3 is 2.79 bits per heavy atom. The fraction of sp³-hybridized carbons (Fsp3) is 0.833. The van der Waals surface area contributed by atoms with Gasteiger partial charge in [0.25, 0.3) is 6.43 Å². The number of alkyl halides is 2. The van der Waals surface area contributed by atoms with Crippen LogP contribution in [0.25, 0.3) is 0 Å². The van der Waals surface area contributed by atoms with Crippen LogP contribution in [0.3, 0.4) is 0 Å². The van der Waals surface area contributed by atoms with E-state index >= 15 is 0 Å². The van der Waals surface area contributed by atoms with Crippen molar-refractivity contribution in [2.24, 2.45) is 0 Å². The van der Waals surface area contributed by atoms with Gasteiger partial charge in [0, 0.05) is 18.9 Å². The van der Waals surface area contributed by atoms with E-state index in [1.54, 1.807) is 0 Å². The normalized spacial score (nSPS) is 13.1. The Hall–Kier alpha value is -1.08. The van der Waals surface area contributed by atoms with Crippen LogP contribution in [0.5, 0.6) is 0 Å². The lowest BCUT2D eigenvalue weighted by Gasteiger charge is -2.12. The van der Waals surface area contributed by atoms with Gasteiger partial charge in [0.2, 0.25) is 5.89 Å². The van der Waals surface area contributed by atoms with Crippen molar-refractivity contribution in [2.75, 3.05) is 19.8 Å². The van der Waals surface area contributed by atoms with Gasteiger partial charge in [0.1, 0.15) is 6.61 Å². The third-order valence-corrected chi connectivity index (χ3v) is 2.63. The summed E-state index contributed by atoms with van der Waals surface area (Å²) in [5.74, 6) is 1.06. The second kappa shape index (κ2) is 8.92. The van der Waals surface area contributed by atoms with Crippen molar-refractivity contribution in [3.05, 3.63) is 11.7 Å². The molecule has 0 saturated heterocycles. The second-order valence-electron chi connectivity index (χ2n) is 4.19. The van der Waals surface area contributed by atoms with Gasteiger partial charge in [0.05, 0.1) is 6.61 Å². The van der Waals surface area contributed by atoms with Gasteiger partial charge in [-0.15, -0.1) is 0 Å². The van der Waals surface area contributed by atoms with Gasteiger partial charge in [-0.2, -0.15) is 4.98 Å². The summed E-state index contributed by atoms with van der Waals surface area (Å²) in [6.45, 7) is 4.64. The number of rotatable bonds is 10. The van der Waals surface area contributed by atoms with Crippen molar-refractivity contribution in [2.45, 2.75) is 45.6 Å². The van der Waals surface area contributed by atoms with Gasteiger partial charge in [-0.1, -0.05) is 19.0 Å². The predicted molar refractivity (Wildman–Crippen MR) is 66.3 cm³/mol. The number of halogens is 2. The van der Waals surface area contributed by atoms with Crippen LogP contribution in [0.4, 0.5) is 8.78 Å². The molecule has 1 aromatic heterocycles. The number of hydrogen-bond donors (Lipinski definition) is 1. The van der Waals surface area contributed by atoms with E-state index in [4.69, 9.17) is 9.26 Å². The minimum absolute atomic E-state index is 0.174. The number of nitrogens with zero attached hydrogens (tertiary/aromatic N) is 2. The van der Waals surface area contributed by atoms with Crippen molar-refractivity contribution in [1.82, 2.24) is 15.5 Å². The molecular weight excluding hydrogens is 256 g/mol. The first-order valence-electron chi connectivity index (χ1n) is 6.56. The first-order chi connectivity index (χ1) is 9.15. The lowest BCUT2D eigenvalue weighted by atomic mass is 10.1. The summed E-state index contributed by atoms with van der Waals surface area (Å²) in [5.41, 5.74) is 0. The third kappa shape index (κ3) is 6.58. The SMILES string of the molecule is CCNC(CC)Cc1nc(CCOCC(F)F)no1. The lowest BCUT2D eigenvalue weighted by molar-refractivity contribution is 0.0182. The number of nitrogens with one attached hydrogen (secondary N) is 1. The summed E-state index contributed by atoms with van der Waals surface area (Å²) in [4.78, 5) is 4.21. The molecule has 0 aliphatic heterocycles. The van der Waals surface area contributed by atoms with Gasteiger partial charge in [0.15, 0.2) is 5.82 Å². The fourth-order valence-corrected chi connectivity index (χ4v) is 1.67. The molecule has 0 spiro atoms. The van der Waals surface area contributed by atoms with Crippen LogP contribution in [0, 0.1) is 0 Å². The lowest BCUT2D eigenvalue weighted by Crippen LogP contribution is -2.30. The van der Waals surface area contributed by atoms with E-state index in [0.29, 0.717) is 30.6 Å². The molecule has 19 heavy (non-hydrogen) atoms. The minimum atomic E-state index is -2.44. The number of likely N-dealkylation sites (N-methyl/N-ethyl adjacent to an activating group) is 1. The smallest absolute Gasteiger partial charge is 0.261 e. The average Bonchev–Trinajstić information content (AvgIpc) is 2.81. The Kier molecular flexibility index (Phi) is 7.50. The molecule has 1 rings (SSSR count). The molecule has 1 atom stereocenters. The largest absolute Gasteiger partial charge is 0.375 e. The summed E-state index contributed by atoms with van der Waals surface area (Å²) in [7, 11) is 0. The topological polar surface area (TPSA) is 60.2 Å². The van der Waals surface area contributed by atoms with Crippen LogP contribution in [0.15, 0.2) is 4.52 Å². The molecule has 1 aromatic rings. The van der Waals surface area contributed by atoms with Crippen LogP contribution in [-0.4, -0.2) is 42.4 Å². The molecule has 0 fully saturated rings. The quantitative estimate of drug-likeness (QED) is 0.661. The van der Waals surface area contributed by atoms with Crippen molar-refractivity contribution in [3.63, 3.8) is 0 Å². The summed E-state index contributed by atoms with van der Waals surface area (Å²) in [5, 5.41) is 7.12. The summed E-state index contributed by atoms with van der Waals surface area (Å²) in [6, 6.07) is 0.313. The van der Waals surface area contributed by atoms with Gasteiger partial charge < -0.3 is 14.6 Å². The zero-order chi connectivity index (χ0) is 14.1. The predicted octanol–water partition coefficient (Wildman–Crippen LogP) is 1.82. The molecular formula is C12H21F2N3O2. The first-order valence-corrected chi connectivity index (χ1v) is 6.56. The Morgan fingerprint density at radius 1 is 1.37 bits per heavy atom. The molecule has 0 saturated carbocycles. The van der Waals surface area contributed by atoms with Gasteiger partial charge in [-0.3, -0.25) is 0 Å². The van der Waals surface area contributed by atoms with Crippen molar-refractivity contribution >= 4 is 0 Å². The molecule has 0 amide bonds. The summed E-state index contributed by atoms with van der Waals surface area (Å²) in [6.07, 6.45) is -0.404. The molecule has 0 aliphatic carbocycles. The van der Waals surface area contributed by atoms with Crippen molar-refractivity contribution in [1.29, 1.82) is 0 Å². The zero-order valence-corrected chi connectivity index (χ0v) is 11.4. The highest BCUT2D eigenvalue weighted by Crippen LogP contribution is 2.05. The van der Waals surface area contributed by atoms with E-state index in [-0.39, 0.29) is 6.61 Å². The second-order valence-corrected chi connectivity index (χ2v) is 4.19. The van der Waals surface area contributed by atoms with Crippen LogP contribution in [-0.2, 0) is 17.6 Å². The highest BCUT2D eigenvalue weighted by Gasteiger charge is 2.12. The fourth-order valence-electron chi connectivity index (χ4n) is 1.67. The monoisotopic (exact) mass is 277 g/mol. The van der Waals surface area contributed by atoms with Gasteiger partial charge in [-0.05, 0) is 13.0 Å². The Balaban J connectivity index is 2.31. The molecule has 110 valence electrons. The standard InChI is InChI=1S/C12H21F2N3O2/c1-3-9(15-4-2)7-12-16-11(17-19-12)5-6-18-8-10(13)14/h9-10,15H,3-8H2,1-2H3. The maximum atomic E-state index is 11.8. The molecule has 0 aliphatic rings. The zero-order valence-electron chi connectivity index (χ0n) is 11.4.